The highest BCUT2D eigenvalue weighted by atomic mass is 35.5. The lowest BCUT2D eigenvalue weighted by atomic mass is 9.98. The van der Waals surface area contributed by atoms with Gasteiger partial charge in [-0.25, -0.2) is 0 Å². The molecule has 0 aromatic heterocycles. The lowest BCUT2D eigenvalue weighted by Gasteiger charge is -2.14. The number of rotatable bonds is 4. The summed E-state index contributed by atoms with van der Waals surface area (Å²) in [4.78, 5) is 0. The van der Waals surface area contributed by atoms with Crippen molar-refractivity contribution < 1.29 is 5.11 Å². The van der Waals surface area contributed by atoms with Gasteiger partial charge in [0, 0.05) is 5.02 Å². The third kappa shape index (κ3) is 2.71. The quantitative estimate of drug-likeness (QED) is 0.830. The first kappa shape index (κ1) is 12.5. The first-order chi connectivity index (χ1) is 7.13. The van der Waals surface area contributed by atoms with Crippen molar-refractivity contribution in [1.29, 1.82) is 0 Å². The van der Waals surface area contributed by atoms with Crippen molar-refractivity contribution in [3.05, 3.63) is 33.8 Å². The molecule has 84 valence electrons. The molecule has 2 nitrogen and oxygen atoms in total. The smallest absolute Gasteiger partial charge is 0.0624 e. The average Bonchev–Trinajstić information content (AvgIpc) is 2.28. The molecular formula is C12H18ClNO. The van der Waals surface area contributed by atoms with E-state index in [-0.39, 0.29) is 12.6 Å². The third-order valence-electron chi connectivity index (χ3n) is 2.63. The average molecular weight is 228 g/mol. The van der Waals surface area contributed by atoms with Crippen LogP contribution in [0, 0.1) is 0 Å². The molecule has 0 aliphatic carbocycles. The van der Waals surface area contributed by atoms with E-state index in [0.29, 0.717) is 0 Å². The van der Waals surface area contributed by atoms with Gasteiger partial charge in [-0.2, -0.15) is 0 Å². The van der Waals surface area contributed by atoms with Gasteiger partial charge >= 0.3 is 0 Å². The Kier molecular flexibility index (Phi) is 4.58. The number of aliphatic hydroxyl groups excluding tert-OH is 1. The molecule has 0 fully saturated rings. The molecule has 0 aliphatic heterocycles. The van der Waals surface area contributed by atoms with Crippen molar-refractivity contribution >= 4 is 11.6 Å². The molecule has 0 bridgehead atoms. The van der Waals surface area contributed by atoms with Crippen LogP contribution in [0.1, 0.15) is 36.6 Å². The fourth-order valence-corrected chi connectivity index (χ4v) is 1.99. The van der Waals surface area contributed by atoms with Crippen LogP contribution in [0.2, 0.25) is 5.02 Å². The van der Waals surface area contributed by atoms with E-state index in [4.69, 9.17) is 22.4 Å². The minimum absolute atomic E-state index is 0.0338. The van der Waals surface area contributed by atoms with Crippen LogP contribution in [0.5, 0.6) is 0 Å². The fourth-order valence-electron chi connectivity index (χ4n) is 1.61. The lowest BCUT2D eigenvalue weighted by molar-refractivity contribution is 0.268. The van der Waals surface area contributed by atoms with Crippen LogP contribution in [0.3, 0.4) is 0 Å². The second-order valence-corrected chi connectivity index (χ2v) is 4.03. The number of aryl methyl sites for hydroxylation is 2. The summed E-state index contributed by atoms with van der Waals surface area (Å²) in [6.07, 6.45) is 1.77. The first-order valence-electron chi connectivity index (χ1n) is 5.31. The van der Waals surface area contributed by atoms with Crippen LogP contribution in [-0.2, 0) is 12.8 Å². The minimum atomic E-state index is -0.308. The van der Waals surface area contributed by atoms with Gasteiger partial charge in [-0.1, -0.05) is 37.6 Å². The van der Waals surface area contributed by atoms with Gasteiger partial charge in [0.15, 0.2) is 0 Å². The number of hydrogen-bond acceptors (Lipinski definition) is 2. The molecule has 3 N–H and O–H groups in total. The van der Waals surface area contributed by atoms with E-state index in [1.807, 2.05) is 12.1 Å². The monoisotopic (exact) mass is 227 g/mol. The van der Waals surface area contributed by atoms with E-state index in [1.54, 1.807) is 0 Å². The van der Waals surface area contributed by atoms with Crippen molar-refractivity contribution in [3.63, 3.8) is 0 Å². The van der Waals surface area contributed by atoms with Gasteiger partial charge in [0.05, 0.1) is 12.6 Å². The van der Waals surface area contributed by atoms with Gasteiger partial charge in [-0.05, 0) is 29.5 Å². The van der Waals surface area contributed by atoms with Crippen LogP contribution < -0.4 is 5.73 Å². The zero-order valence-corrected chi connectivity index (χ0v) is 10.0. The highest BCUT2D eigenvalue weighted by Gasteiger charge is 2.10. The maximum atomic E-state index is 9.03. The van der Waals surface area contributed by atoms with Gasteiger partial charge < -0.3 is 10.8 Å². The predicted octanol–water partition coefficient (Wildman–Crippen LogP) is 2.46. The van der Waals surface area contributed by atoms with Crippen LogP contribution in [0.25, 0.3) is 0 Å². The highest BCUT2D eigenvalue weighted by Crippen LogP contribution is 2.26. The van der Waals surface area contributed by atoms with Gasteiger partial charge in [0.2, 0.25) is 0 Å². The molecule has 0 spiro atoms. The predicted molar refractivity (Wildman–Crippen MR) is 64.2 cm³/mol. The Labute approximate surface area is 96.1 Å². The molecule has 0 heterocycles. The maximum Gasteiger partial charge on any atom is 0.0624 e. The fraction of sp³-hybridized carbons (Fsp3) is 0.500. The molecule has 3 heteroatoms. The molecule has 0 saturated carbocycles. The largest absolute Gasteiger partial charge is 0.394 e. The van der Waals surface area contributed by atoms with Crippen molar-refractivity contribution in [2.75, 3.05) is 6.61 Å². The van der Waals surface area contributed by atoms with Crippen molar-refractivity contribution in [3.8, 4) is 0 Å². The Bertz CT molecular complexity index is 313. The van der Waals surface area contributed by atoms with Gasteiger partial charge in [-0.15, -0.1) is 0 Å². The molecule has 1 aromatic rings. The van der Waals surface area contributed by atoms with E-state index in [1.165, 1.54) is 0 Å². The van der Waals surface area contributed by atoms with Crippen molar-refractivity contribution in [2.24, 2.45) is 5.73 Å². The number of hydrogen-bond donors (Lipinski definition) is 2. The molecule has 0 unspecified atom stereocenters. The normalized spacial score (nSPS) is 12.9. The summed E-state index contributed by atoms with van der Waals surface area (Å²) in [5.74, 6) is 0. The van der Waals surface area contributed by atoms with E-state index >= 15 is 0 Å². The number of benzene rings is 1. The van der Waals surface area contributed by atoms with E-state index in [0.717, 1.165) is 34.6 Å². The minimum Gasteiger partial charge on any atom is -0.394 e. The molecule has 0 radical (unpaired) electrons. The number of nitrogens with two attached hydrogens (primary N) is 1. The molecule has 15 heavy (non-hydrogen) atoms. The zero-order valence-electron chi connectivity index (χ0n) is 9.26. The molecule has 0 saturated heterocycles. The second-order valence-electron chi connectivity index (χ2n) is 3.65. The molecule has 1 aromatic carbocycles. The van der Waals surface area contributed by atoms with Gasteiger partial charge in [-0.3, -0.25) is 0 Å². The lowest BCUT2D eigenvalue weighted by Crippen LogP contribution is -2.15. The van der Waals surface area contributed by atoms with E-state index in [2.05, 4.69) is 13.8 Å². The molecule has 0 amide bonds. The second kappa shape index (κ2) is 5.50. The highest BCUT2D eigenvalue weighted by molar-refractivity contribution is 6.32. The summed E-state index contributed by atoms with van der Waals surface area (Å²) in [7, 11) is 0. The third-order valence-corrected chi connectivity index (χ3v) is 3.12. The maximum absolute atomic E-state index is 9.03. The molecule has 1 rings (SSSR count). The Balaban J connectivity index is 3.20. The summed E-state index contributed by atoms with van der Waals surface area (Å²) in [5.41, 5.74) is 8.98. The van der Waals surface area contributed by atoms with Crippen LogP contribution in [0.4, 0.5) is 0 Å². The number of halogens is 1. The molecule has 1 atom stereocenters. The summed E-state index contributed by atoms with van der Waals surface area (Å²) >= 11 is 6.23. The summed E-state index contributed by atoms with van der Waals surface area (Å²) in [6, 6.07) is 3.67. The van der Waals surface area contributed by atoms with Crippen molar-refractivity contribution in [1.82, 2.24) is 0 Å². The Morgan fingerprint density at radius 2 is 1.73 bits per heavy atom. The standard InChI is InChI=1S/C12H18ClNO/c1-3-8-5-10(11(14)7-15)6-9(4-2)12(8)13/h5-6,11,15H,3-4,7,14H2,1-2H3/t11-/m0/s1. The van der Waals surface area contributed by atoms with Crippen LogP contribution in [-0.4, -0.2) is 11.7 Å². The SMILES string of the molecule is CCc1cc([C@@H](N)CO)cc(CC)c1Cl. The van der Waals surface area contributed by atoms with E-state index in [9.17, 15) is 0 Å². The summed E-state index contributed by atoms with van der Waals surface area (Å²) < 4.78 is 0. The van der Waals surface area contributed by atoms with Gasteiger partial charge in [0.1, 0.15) is 0 Å². The van der Waals surface area contributed by atoms with Crippen molar-refractivity contribution in [2.45, 2.75) is 32.7 Å². The van der Waals surface area contributed by atoms with Crippen LogP contribution in [0.15, 0.2) is 12.1 Å². The Morgan fingerprint density at radius 1 is 1.27 bits per heavy atom. The van der Waals surface area contributed by atoms with Crippen LogP contribution >= 0.6 is 11.6 Å². The first-order valence-corrected chi connectivity index (χ1v) is 5.69. The molecular weight excluding hydrogens is 210 g/mol. The number of aliphatic hydroxyl groups is 1. The Morgan fingerprint density at radius 3 is 2.07 bits per heavy atom. The summed E-state index contributed by atoms with van der Waals surface area (Å²) in [5, 5.41) is 9.87. The van der Waals surface area contributed by atoms with E-state index < -0.39 is 0 Å². The zero-order chi connectivity index (χ0) is 11.4. The molecule has 0 aliphatic rings. The van der Waals surface area contributed by atoms with Gasteiger partial charge in [0.25, 0.3) is 0 Å². The Hall–Kier alpha value is -0.570. The topological polar surface area (TPSA) is 46.2 Å². The summed E-state index contributed by atoms with van der Waals surface area (Å²) in [6.45, 7) is 4.09.